The highest BCUT2D eigenvalue weighted by Gasteiger charge is 2.34. The molecule has 1 amide bonds. The molecule has 116 valence electrons. The maximum atomic E-state index is 12.6. The molecule has 1 saturated heterocycles. The zero-order chi connectivity index (χ0) is 15.3. The molecule has 0 saturated carbocycles. The van der Waals surface area contributed by atoms with E-state index in [1.807, 2.05) is 0 Å². The lowest BCUT2D eigenvalue weighted by atomic mass is 9.83. The molecule has 0 aromatic heterocycles. The number of rotatable bonds is 5. The van der Waals surface area contributed by atoms with E-state index in [0.717, 1.165) is 0 Å². The molecule has 0 aromatic rings. The number of carbonyl (C=O) groups is 2. The van der Waals surface area contributed by atoms with E-state index in [-0.39, 0.29) is 42.9 Å². The molecule has 1 heterocycles. The highest BCUT2D eigenvalue weighted by atomic mass is 16.5. The number of morpholine rings is 1. The molecule has 2 atom stereocenters. The van der Waals surface area contributed by atoms with Crippen LogP contribution in [0.5, 0.6) is 0 Å². The van der Waals surface area contributed by atoms with E-state index in [9.17, 15) is 9.59 Å². The zero-order valence-corrected chi connectivity index (χ0v) is 12.6. The summed E-state index contributed by atoms with van der Waals surface area (Å²) in [5.74, 6) is -1.22. The number of aliphatic carboxylic acids is 1. The zero-order valence-electron chi connectivity index (χ0n) is 12.6. The standard InChI is InChI=1S/C14H26N2O4/c1-14(2,3)7-10(8-15)13(19)16-4-5-20-9-11(16)6-12(17)18/h10-11H,4-9,15H2,1-3H3,(H,17,18). The van der Waals surface area contributed by atoms with Gasteiger partial charge in [-0.05, 0) is 11.8 Å². The second-order valence-corrected chi connectivity index (χ2v) is 6.56. The van der Waals surface area contributed by atoms with Crippen LogP contribution >= 0.6 is 0 Å². The van der Waals surface area contributed by atoms with Gasteiger partial charge >= 0.3 is 5.97 Å². The Morgan fingerprint density at radius 3 is 2.60 bits per heavy atom. The normalized spacial score (nSPS) is 21.6. The first-order valence-electron chi connectivity index (χ1n) is 7.04. The fraction of sp³-hybridized carbons (Fsp3) is 0.857. The van der Waals surface area contributed by atoms with Crippen LogP contribution in [0.1, 0.15) is 33.6 Å². The Labute approximate surface area is 120 Å². The Hall–Kier alpha value is -1.14. The third-order valence-electron chi connectivity index (χ3n) is 3.41. The molecule has 0 radical (unpaired) electrons. The molecule has 0 bridgehead atoms. The molecule has 6 nitrogen and oxygen atoms in total. The Morgan fingerprint density at radius 1 is 1.45 bits per heavy atom. The smallest absolute Gasteiger partial charge is 0.305 e. The minimum atomic E-state index is -0.918. The second kappa shape index (κ2) is 7.04. The number of ether oxygens (including phenoxy) is 1. The highest BCUT2D eigenvalue weighted by molar-refractivity contribution is 5.80. The SMILES string of the molecule is CC(C)(C)CC(CN)C(=O)N1CCOCC1CC(=O)O. The van der Waals surface area contributed by atoms with E-state index in [4.69, 9.17) is 15.6 Å². The van der Waals surface area contributed by atoms with Gasteiger partial charge in [0.25, 0.3) is 0 Å². The lowest BCUT2D eigenvalue weighted by Crippen LogP contribution is -2.52. The van der Waals surface area contributed by atoms with Crippen molar-refractivity contribution in [2.45, 2.75) is 39.7 Å². The summed E-state index contributed by atoms with van der Waals surface area (Å²) in [7, 11) is 0. The minimum absolute atomic E-state index is 0.00821. The van der Waals surface area contributed by atoms with Crippen LogP contribution in [0.15, 0.2) is 0 Å². The number of nitrogens with two attached hydrogens (primary N) is 1. The summed E-state index contributed by atoms with van der Waals surface area (Å²) in [5.41, 5.74) is 5.75. The predicted octanol–water partition coefficient (Wildman–Crippen LogP) is 0.700. The molecule has 1 rings (SSSR count). The van der Waals surface area contributed by atoms with Gasteiger partial charge in [0.15, 0.2) is 0 Å². The van der Waals surface area contributed by atoms with E-state index in [2.05, 4.69) is 20.8 Å². The van der Waals surface area contributed by atoms with Gasteiger partial charge in [0, 0.05) is 13.1 Å². The lowest BCUT2D eigenvalue weighted by molar-refractivity contribution is -0.149. The molecule has 3 N–H and O–H groups in total. The van der Waals surface area contributed by atoms with Crippen LogP contribution in [-0.4, -0.2) is 54.2 Å². The number of carboxylic acid groups (broad SMARTS) is 1. The van der Waals surface area contributed by atoms with Gasteiger partial charge in [-0.2, -0.15) is 0 Å². The molecule has 6 heteroatoms. The second-order valence-electron chi connectivity index (χ2n) is 6.56. The van der Waals surface area contributed by atoms with Crippen LogP contribution in [0, 0.1) is 11.3 Å². The van der Waals surface area contributed by atoms with Crippen LogP contribution < -0.4 is 5.73 Å². The first-order valence-corrected chi connectivity index (χ1v) is 7.04. The fourth-order valence-electron chi connectivity index (χ4n) is 2.56. The van der Waals surface area contributed by atoms with E-state index >= 15 is 0 Å². The molecule has 0 aromatic carbocycles. The molecular formula is C14H26N2O4. The van der Waals surface area contributed by atoms with Crippen molar-refractivity contribution in [1.29, 1.82) is 0 Å². The first-order chi connectivity index (χ1) is 9.24. The van der Waals surface area contributed by atoms with E-state index in [1.54, 1.807) is 4.90 Å². The highest BCUT2D eigenvalue weighted by Crippen LogP contribution is 2.26. The Morgan fingerprint density at radius 2 is 2.10 bits per heavy atom. The van der Waals surface area contributed by atoms with Crippen molar-refractivity contribution < 1.29 is 19.4 Å². The summed E-state index contributed by atoms with van der Waals surface area (Å²) in [4.78, 5) is 25.1. The molecule has 1 aliphatic rings. The Bertz CT molecular complexity index is 352. The molecular weight excluding hydrogens is 260 g/mol. The molecule has 0 spiro atoms. The number of carboxylic acids is 1. The van der Waals surface area contributed by atoms with Crippen LogP contribution in [0.3, 0.4) is 0 Å². The summed E-state index contributed by atoms with van der Waals surface area (Å²) in [6, 6.07) is -0.386. The van der Waals surface area contributed by atoms with Crippen molar-refractivity contribution in [3.8, 4) is 0 Å². The van der Waals surface area contributed by atoms with Crippen LogP contribution in [0.4, 0.5) is 0 Å². The van der Waals surface area contributed by atoms with E-state index in [1.165, 1.54) is 0 Å². The van der Waals surface area contributed by atoms with Crippen LogP contribution in [0.25, 0.3) is 0 Å². The maximum Gasteiger partial charge on any atom is 0.305 e. The monoisotopic (exact) mass is 286 g/mol. The summed E-state index contributed by atoms with van der Waals surface area (Å²) in [5, 5.41) is 8.93. The Kier molecular flexibility index (Phi) is 5.95. The Balaban J connectivity index is 2.76. The number of nitrogens with zero attached hydrogens (tertiary/aromatic N) is 1. The quantitative estimate of drug-likeness (QED) is 0.776. The first kappa shape index (κ1) is 16.9. The summed E-state index contributed by atoms with van der Waals surface area (Å²) in [6.07, 6.45) is 0.609. The topological polar surface area (TPSA) is 92.9 Å². The number of hydrogen-bond donors (Lipinski definition) is 2. The van der Waals surface area contributed by atoms with Gasteiger partial charge in [0.1, 0.15) is 0 Å². The summed E-state index contributed by atoms with van der Waals surface area (Å²) in [6.45, 7) is 7.66. The summed E-state index contributed by atoms with van der Waals surface area (Å²) >= 11 is 0. The van der Waals surface area contributed by atoms with Gasteiger partial charge in [0.2, 0.25) is 5.91 Å². The number of amides is 1. The van der Waals surface area contributed by atoms with Crippen LogP contribution in [0.2, 0.25) is 0 Å². The van der Waals surface area contributed by atoms with Gasteiger partial charge in [-0.1, -0.05) is 20.8 Å². The average molecular weight is 286 g/mol. The lowest BCUT2D eigenvalue weighted by Gasteiger charge is -2.38. The van der Waals surface area contributed by atoms with Gasteiger partial charge in [-0.15, -0.1) is 0 Å². The minimum Gasteiger partial charge on any atom is -0.481 e. The van der Waals surface area contributed by atoms with Crippen LogP contribution in [-0.2, 0) is 14.3 Å². The van der Waals surface area contributed by atoms with Crippen molar-refractivity contribution in [3.63, 3.8) is 0 Å². The summed E-state index contributed by atoms with van der Waals surface area (Å²) < 4.78 is 5.29. The maximum absolute atomic E-state index is 12.6. The van der Waals surface area contributed by atoms with Crippen molar-refractivity contribution in [3.05, 3.63) is 0 Å². The van der Waals surface area contributed by atoms with E-state index in [0.29, 0.717) is 19.6 Å². The number of carbonyl (C=O) groups excluding carboxylic acids is 1. The molecule has 0 aliphatic carbocycles. The molecule has 1 fully saturated rings. The fourth-order valence-corrected chi connectivity index (χ4v) is 2.56. The van der Waals surface area contributed by atoms with E-state index < -0.39 is 5.97 Å². The largest absolute Gasteiger partial charge is 0.481 e. The van der Waals surface area contributed by atoms with Gasteiger partial charge in [-0.3, -0.25) is 9.59 Å². The average Bonchev–Trinajstić information content (AvgIpc) is 2.34. The van der Waals surface area contributed by atoms with Crippen molar-refractivity contribution in [2.24, 2.45) is 17.1 Å². The third-order valence-corrected chi connectivity index (χ3v) is 3.41. The predicted molar refractivity (Wildman–Crippen MR) is 75.2 cm³/mol. The van der Waals surface area contributed by atoms with Gasteiger partial charge in [0.05, 0.1) is 31.6 Å². The van der Waals surface area contributed by atoms with Gasteiger partial charge in [-0.25, -0.2) is 0 Å². The van der Waals surface area contributed by atoms with Crippen molar-refractivity contribution in [2.75, 3.05) is 26.3 Å². The molecule has 2 unspecified atom stereocenters. The molecule has 20 heavy (non-hydrogen) atoms. The molecule has 1 aliphatic heterocycles. The third kappa shape index (κ3) is 5.09. The van der Waals surface area contributed by atoms with Crippen molar-refractivity contribution >= 4 is 11.9 Å². The van der Waals surface area contributed by atoms with Gasteiger partial charge < -0.3 is 20.5 Å². The van der Waals surface area contributed by atoms with Crippen molar-refractivity contribution in [1.82, 2.24) is 4.90 Å². The number of hydrogen-bond acceptors (Lipinski definition) is 4.